The second kappa shape index (κ2) is 7.56. The molecular formula is C35H36S. The van der Waals surface area contributed by atoms with E-state index < -0.39 is 0 Å². The first-order valence-electron chi connectivity index (χ1n) is 13.1. The van der Waals surface area contributed by atoms with Crippen LogP contribution in [-0.4, -0.2) is 0 Å². The molecule has 0 bridgehead atoms. The fourth-order valence-electron chi connectivity index (χ4n) is 7.36. The van der Waals surface area contributed by atoms with Crippen LogP contribution in [0.15, 0.2) is 29.7 Å². The Kier molecular flexibility index (Phi) is 4.93. The highest BCUT2D eigenvalue weighted by atomic mass is 32.1. The summed E-state index contributed by atoms with van der Waals surface area (Å²) in [7, 11) is 0. The third-order valence-corrected chi connectivity index (χ3v) is 11.0. The van der Waals surface area contributed by atoms with Crippen molar-refractivity contribution in [2.45, 2.75) is 74.7 Å². The van der Waals surface area contributed by atoms with Gasteiger partial charge in [0, 0.05) is 4.70 Å². The molecule has 2 aliphatic carbocycles. The molecule has 182 valence electrons. The molecule has 0 saturated carbocycles. The van der Waals surface area contributed by atoms with E-state index in [0.717, 1.165) is 0 Å². The minimum absolute atomic E-state index is 0.315. The molecule has 1 heterocycles. The predicted octanol–water partition coefficient (Wildman–Crippen LogP) is 9.99. The largest absolute Gasteiger partial charge is 0.143 e. The second-order valence-electron chi connectivity index (χ2n) is 11.3. The number of fused-ring (bicyclic) bond motifs is 8. The van der Waals surface area contributed by atoms with Crippen molar-refractivity contribution < 1.29 is 0 Å². The zero-order valence-electron chi connectivity index (χ0n) is 23.4. The summed E-state index contributed by atoms with van der Waals surface area (Å²) < 4.78 is 1.43. The molecule has 0 saturated heterocycles. The van der Waals surface area contributed by atoms with E-state index in [1.165, 1.54) is 99.1 Å². The Morgan fingerprint density at radius 3 is 1.56 bits per heavy atom. The molecule has 0 amide bonds. The molecule has 0 radical (unpaired) electrons. The molecule has 1 heteroatoms. The van der Waals surface area contributed by atoms with Gasteiger partial charge in [0.2, 0.25) is 0 Å². The molecule has 0 unspecified atom stereocenters. The molecule has 4 aromatic rings. The number of benzene rings is 3. The van der Waals surface area contributed by atoms with Crippen LogP contribution in [-0.2, 0) is 5.41 Å². The zero-order valence-corrected chi connectivity index (χ0v) is 24.2. The summed E-state index contributed by atoms with van der Waals surface area (Å²) in [5.41, 5.74) is 22.8. The van der Waals surface area contributed by atoms with Crippen LogP contribution in [0.3, 0.4) is 0 Å². The van der Waals surface area contributed by atoms with Gasteiger partial charge in [-0.3, -0.25) is 0 Å². The summed E-state index contributed by atoms with van der Waals surface area (Å²) in [5.74, 6) is 0. The van der Waals surface area contributed by atoms with Crippen molar-refractivity contribution >= 4 is 38.6 Å². The first-order valence-corrected chi connectivity index (χ1v) is 14.0. The van der Waals surface area contributed by atoms with Crippen molar-refractivity contribution in [1.82, 2.24) is 0 Å². The van der Waals surface area contributed by atoms with Gasteiger partial charge in [-0.2, -0.15) is 0 Å². The van der Waals surface area contributed by atoms with E-state index in [-0.39, 0.29) is 5.41 Å². The number of thiophene rings is 1. The maximum atomic E-state index is 2.56. The number of rotatable bonds is 0. The maximum absolute atomic E-state index is 2.56. The molecule has 36 heavy (non-hydrogen) atoms. The summed E-state index contributed by atoms with van der Waals surface area (Å²) in [6.45, 7) is 23.5. The van der Waals surface area contributed by atoms with Crippen molar-refractivity contribution in [2.24, 2.45) is 0 Å². The maximum Gasteiger partial charge on any atom is 0.0672 e. The lowest BCUT2D eigenvalue weighted by molar-refractivity contribution is 0.774. The average Bonchev–Trinajstić information content (AvgIpc) is 3.47. The van der Waals surface area contributed by atoms with Crippen LogP contribution < -0.4 is 0 Å². The smallest absolute Gasteiger partial charge is 0.0672 e. The topological polar surface area (TPSA) is 0 Å². The molecule has 0 N–H and O–H groups in total. The Morgan fingerprint density at radius 1 is 0.528 bits per heavy atom. The van der Waals surface area contributed by atoms with Gasteiger partial charge in [0.15, 0.2) is 0 Å². The van der Waals surface area contributed by atoms with Gasteiger partial charge in [0.1, 0.15) is 0 Å². The lowest BCUT2D eigenvalue weighted by Gasteiger charge is -2.38. The standard InChI is InChI=1S/C35H36S/c1-17-19(3)25(9)31-29(21(17)5)23(7)24(8)30-22(6)18(2)20(4)26(10)32(30)35(31)15-13-27-11-12-28-14-16-36-34(28)33(27)35/h11-16H,1-10H3. The Bertz CT molecular complexity index is 1630. The first-order chi connectivity index (χ1) is 17.0. The lowest BCUT2D eigenvalue weighted by Crippen LogP contribution is -2.31. The van der Waals surface area contributed by atoms with Gasteiger partial charge in [0.05, 0.1) is 5.41 Å². The highest BCUT2D eigenvalue weighted by molar-refractivity contribution is 7.17. The molecule has 0 aliphatic heterocycles. The number of hydrogen-bond acceptors (Lipinski definition) is 1. The van der Waals surface area contributed by atoms with Crippen LogP contribution in [0, 0.1) is 55.4 Å². The second-order valence-corrected chi connectivity index (χ2v) is 12.2. The molecule has 1 aromatic heterocycles. The Balaban J connectivity index is 1.99. The van der Waals surface area contributed by atoms with Gasteiger partial charge in [-0.25, -0.2) is 0 Å². The normalized spacial score (nSPS) is 15.5. The van der Waals surface area contributed by atoms with E-state index in [1.807, 2.05) is 11.3 Å². The quantitative estimate of drug-likeness (QED) is 0.231. The highest BCUT2D eigenvalue weighted by Crippen LogP contribution is 2.59. The van der Waals surface area contributed by atoms with Crippen LogP contribution >= 0.6 is 11.3 Å². The van der Waals surface area contributed by atoms with E-state index >= 15 is 0 Å². The Morgan fingerprint density at radius 2 is 1.03 bits per heavy atom. The van der Waals surface area contributed by atoms with Crippen molar-refractivity contribution in [1.29, 1.82) is 0 Å². The third kappa shape index (κ3) is 2.60. The molecule has 0 fully saturated rings. The molecule has 2 aliphatic rings. The summed E-state index contributed by atoms with van der Waals surface area (Å²) >= 11 is 1.90. The molecule has 1 spiro atoms. The van der Waals surface area contributed by atoms with Crippen molar-refractivity contribution in [3.8, 4) is 0 Å². The Hall–Kier alpha value is -2.90. The zero-order chi connectivity index (χ0) is 25.8. The third-order valence-electron chi connectivity index (χ3n) is 10.0. The molecular weight excluding hydrogens is 452 g/mol. The average molecular weight is 489 g/mol. The summed E-state index contributed by atoms with van der Waals surface area (Å²) in [4.78, 5) is 0. The SMILES string of the molecule is CC1=C(C)c2c(C)c(C)c(C)c(C)c2C2(C=Cc3ccc4ccsc4c32)c2c(C)c(C)c(C)c(C)c21. The van der Waals surface area contributed by atoms with Gasteiger partial charge in [-0.1, -0.05) is 24.3 Å². The number of allylic oxidation sites excluding steroid dienone is 3. The van der Waals surface area contributed by atoms with Crippen molar-refractivity contribution in [3.63, 3.8) is 0 Å². The van der Waals surface area contributed by atoms with Gasteiger partial charge in [0.25, 0.3) is 0 Å². The van der Waals surface area contributed by atoms with Gasteiger partial charge in [-0.15, -0.1) is 11.3 Å². The molecule has 0 atom stereocenters. The van der Waals surface area contributed by atoms with Crippen LogP contribution in [0.1, 0.15) is 91.7 Å². The molecule has 3 aromatic carbocycles. The molecule has 0 nitrogen and oxygen atoms in total. The fourth-order valence-corrected chi connectivity index (χ4v) is 8.38. The highest BCUT2D eigenvalue weighted by Gasteiger charge is 2.48. The summed E-state index contributed by atoms with van der Waals surface area (Å²) in [5, 5.41) is 3.62. The fraction of sp³-hybridized carbons (Fsp3) is 0.314. The monoisotopic (exact) mass is 488 g/mol. The van der Waals surface area contributed by atoms with Crippen LogP contribution in [0.25, 0.3) is 27.3 Å². The van der Waals surface area contributed by atoms with Crippen molar-refractivity contribution in [3.05, 3.63) is 108 Å². The van der Waals surface area contributed by atoms with Gasteiger partial charge >= 0.3 is 0 Å². The van der Waals surface area contributed by atoms with Gasteiger partial charge < -0.3 is 0 Å². The van der Waals surface area contributed by atoms with Crippen LogP contribution in [0.4, 0.5) is 0 Å². The first kappa shape index (κ1) is 23.5. The van der Waals surface area contributed by atoms with E-state index in [9.17, 15) is 0 Å². The van der Waals surface area contributed by atoms with Crippen molar-refractivity contribution in [2.75, 3.05) is 0 Å². The lowest BCUT2D eigenvalue weighted by atomic mass is 9.63. The minimum atomic E-state index is -0.315. The summed E-state index contributed by atoms with van der Waals surface area (Å²) in [6, 6.07) is 6.94. The van der Waals surface area contributed by atoms with E-state index in [4.69, 9.17) is 0 Å². The van der Waals surface area contributed by atoms with Gasteiger partial charge in [-0.05, 0) is 175 Å². The van der Waals surface area contributed by atoms with E-state index in [0.29, 0.717) is 0 Å². The summed E-state index contributed by atoms with van der Waals surface area (Å²) in [6.07, 6.45) is 4.97. The van der Waals surface area contributed by atoms with E-state index in [2.05, 4.69) is 105 Å². The van der Waals surface area contributed by atoms with E-state index in [1.54, 1.807) is 0 Å². The predicted molar refractivity (Wildman–Crippen MR) is 160 cm³/mol. The molecule has 6 rings (SSSR count). The number of hydrogen-bond donors (Lipinski definition) is 0. The Labute approximate surface area is 220 Å². The van der Waals surface area contributed by atoms with Crippen LogP contribution in [0.2, 0.25) is 0 Å². The minimum Gasteiger partial charge on any atom is -0.143 e. The van der Waals surface area contributed by atoms with Crippen LogP contribution in [0.5, 0.6) is 0 Å².